The van der Waals surface area contributed by atoms with Gasteiger partial charge in [-0.2, -0.15) is 10.1 Å². The standard InChI is InChI=1S/C23H42N2O6/c1-15(19(27)31-17-13-22(6,7)25(29)23(8,9)14-17)10-18(26)30-16-11-20(2,3)24(28)21(4,5)12-16/h15-17,28-29H,10-14H2,1-9H3. The summed E-state index contributed by atoms with van der Waals surface area (Å²) in [6.45, 7) is 17.0. The van der Waals surface area contributed by atoms with Gasteiger partial charge in [0.2, 0.25) is 0 Å². The van der Waals surface area contributed by atoms with E-state index in [4.69, 9.17) is 9.47 Å². The van der Waals surface area contributed by atoms with Crippen LogP contribution in [0.5, 0.6) is 0 Å². The molecule has 8 heteroatoms. The van der Waals surface area contributed by atoms with Crippen molar-refractivity contribution in [1.29, 1.82) is 0 Å². The van der Waals surface area contributed by atoms with Crippen LogP contribution in [0.2, 0.25) is 0 Å². The summed E-state index contributed by atoms with van der Waals surface area (Å²) in [7, 11) is 0. The van der Waals surface area contributed by atoms with E-state index >= 15 is 0 Å². The van der Waals surface area contributed by atoms with Crippen molar-refractivity contribution in [3.05, 3.63) is 0 Å². The predicted octanol–water partition coefficient (Wildman–Crippen LogP) is 3.92. The summed E-state index contributed by atoms with van der Waals surface area (Å²) in [6, 6.07) is 0. The Morgan fingerprint density at radius 2 is 1.10 bits per heavy atom. The monoisotopic (exact) mass is 442 g/mol. The molecule has 1 unspecified atom stereocenters. The minimum atomic E-state index is -0.621. The van der Waals surface area contributed by atoms with E-state index in [2.05, 4.69) is 0 Å². The summed E-state index contributed by atoms with van der Waals surface area (Å²) >= 11 is 0. The maximum Gasteiger partial charge on any atom is 0.309 e. The molecule has 2 aliphatic rings. The number of nitrogens with zero attached hydrogens (tertiary/aromatic N) is 2. The quantitative estimate of drug-likeness (QED) is 0.618. The van der Waals surface area contributed by atoms with Crippen LogP contribution in [0.1, 0.15) is 94.4 Å². The molecule has 0 aromatic carbocycles. The molecule has 2 saturated heterocycles. The Balaban J connectivity index is 1.91. The molecule has 1 atom stereocenters. The lowest BCUT2D eigenvalue weighted by Crippen LogP contribution is -2.61. The molecule has 2 N–H and O–H groups in total. The first-order valence-electron chi connectivity index (χ1n) is 11.3. The lowest BCUT2D eigenvalue weighted by molar-refractivity contribution is -0.260. The fourth-order valence-electron chi connectivity index (χ4n) is 5.37. The van der Waals surface area contributed by atoms with E-state index in [-0.39, 0.29) is 18.6 Å². The Bertz CT molecular complexity index is 652. The number of rotatable bonds is 5. The van der Waals surface area contributed by atoms with Crippen molar-refractivity contribution in [1.82, 2.24) is 10.1 Å². The van der Waals surface area contributed by atoms with Gasteiger partial charge in [0.05, 0.1) is 12.3 Å². The Morgan fingerprint density at radius 3 is 1.45 bits per heavy atom. The van der Waals surface area contributed by atoms with E-state index in [1.54, 1.807) is 6.92 Å². The van der Waals surface area contributed by atoms with Gasteiger partial charge in [-0.15, -0.1) is 0 Å². The molecule has 2 fully saturated rings. The highest BCUT2D eigenvalue weighted by molar-refractivity contribution is 5.79. The summed E-state index contributed by atoms with van der Waals surface area (Å²) in [5.74, 6) is -1.48. The third kappa shape index (κ3) is 5.97. The summed E-state index contributed by atoms with van der Waals surface area (Å²) in [6.07, 6.45) is 1.36. The maximum atomic E-state index is 12.6. The molecule has 0 saturated carbocycles. The molecule has 180 valence electrons. The third-order valence-electron chi connectivity index (χ3n) is 6.66. The van der Waals surface area contributed by atoms with Crippen LogP contribution < -0.4 is 0 Å². The van der Waals surface area contributed by atoms with Crippen molar-refractivity contribution >= 4 is 11.9 Å². The minimum absolute atomic E-state index is 0.0509. The summed E-state index contributed by atoms with van der Waals surface area (Å²) in [5, 5.41) is 23.5. The van der Waals surface area contributed by atoms with Gasteiger partial charge in [-0.1, -0.05) is 6.92 Å². The highest BCUT2D eigenvalue weighted by atomic mass is 16.6. The van der Waals surface area contributed by atoms with Crippen molar-refractivity contribution < 1.29 is 29.5 Å². The van der Waals surface area contributed by atoms with Crippen LogP contribution in [0.4, 0.5) is 0 Å². The maximum absolute atomic E-state index is 12.6. The molecule has 0 bridgehead atoms. The lowest BCUT2D eigenvalue weighted by Gasteiger charge is -2.51. The third-order valence-corrected chi connectivity index (χ3v) is 6.66. The predicted molar refractivity (Wildman–Crippen MR) is 116 cm³/mol. The molecule has 0 aromatic heterocycles. The van der Waals surface area contributed by atoms with Crippen LogP contribution >= 0.6 is 0 Å². The molecule has 8 nitrogen and oxygen atoms in total. The fraction of sp³-hybridized carbons (Fsp3) is 0.913. The highest BCUT2D eigenvalue weighted by Gasteiger charge is 2.48. The molecule has 0 amide bonds. The second-order valence-electron chi connectivity index (χ2n) is 12.0. The van der Waals surface area contributed by atoms with Crippen molar-refractivity contribution in [3.63, 3.8) is 0 Å². The van der Waals surface area contributed by atoms with E-state index < -0.39 is 40.0 Å². The number of esters is 2. The number of carbonyl (C=O) groups excluding carboxylic acids is 2. The summed E-state index contributed by atoms with van der Waals surface area (Å²) in [5.41, 5.74) is -2.07. The molecule has 2 heterocycles. The summed E-state index contributed by atoms with van der Waals surface area (Å²) in [4.78, 5) is 25.2. The topological polar surface area (TPSA) is 99.5 Å². The zero-order valence-electron chi connectivity index (χ0n) is 20.7. The van der Waals surface area contributed by atoms with Gasteiger partial charge in [-0.3, -0.25) is 9.59 Å². The van der Waals surface area contributed by atoms with Crippen LogP contribution in [-0.4, -0.2) is 66.8 Å². The highest BCUT2D eigenvalue weighted by Crippen LogP contribution is 2.39. The van der Waals surface area contributed by atoms with Crippen LogP contribution in [0, 0.1) is 5.92 Å². The van der Waals surface area contributed by atoms with Gasteiger partial charge in [0.1, 0.15) is 12.2 Å². The van der Waals surface area contributed by atoms with Gasteiger partial charge in [-0.05, 0) is 55.4 Å². The molecule has 0 aromatic rings. The number of hydrogen-bond donors (Lipinski definition) is 2. The van der Waals surface area contributed by atoms with Gasteiger partial charge in [0.25, 0.3) is 0 Å². The Morgan fingerprint density at radius 1 is 0.774 bits per heavy atom. The SMILES string of the molecule is CC(CC(=O)OC1CC(C)(C)N(O)C(C)(C)C1)C(=O)OC1CC(C)(C)N(O)C(C)(C)C1. The molecule has 0 radical (unpaired) electrons. The molecular formula is C23H42N2O6. The average molecular weight is 443 g/mol. The van der Waals surface area contributed by atoms with Crippen molar-refractivity contribution in [2.75, 3.05) is 0 Å². The number of carbonyl (C=O) groups is 2. The normalized spacial score (nSPS) is 27.5. The van der Waals surface area contributed by atoms with E-state index in [1.807, 2.05) is 55.4 Å². The van der Waals surface area contributed by atoms with Gasteiger partial charge in [0, 0.05) is 47.8 Å². The lowest BCUT2D eigenvalue weighted by atomic mass is 9.80. The first kappa shape index (κ1) is 26.0. The van der Waals surface area contributed by atoms with Crippen LogP contribution in [0.3, 0.4) is 0 Å². The van der Waals surface area contributed by atoms with Gasteiger partial charge in [0.15, 0.2) is 0 Å². The van der Waals surface area contributed by atoms with E-state index in [0.717, 1.165) is 0 Å². The zero-order chi connectivity index (χ0) is 24.0. The number of piperidine rings is 2. The van der Waals surface area contributed by atoms with Crippen molar-refractivity contribution in [2.45, 2.75) is 129 Å². The van der Waals surface area contributed by atoms with Crippen molar-refractivity contribution in [2.24, 2.45) is 5.92 Å². The first-order chi connectivity index (χ1) is 13.9. The molecule has 31 heavy (non-hydrogen) atoms. The van der Waals surface area contributed by atoms with Crippen LogP contribution in [0.25, 0.3) is 0 Å². The van der Waals surface area contributed by atoms with Crippen LogP contribution in [-0.2, 0) is 19.1 Å². The summed E-state index contributed by atoms with van der Waals surface area (Å²) < 4.78 is 11.4. The molecular weight excluding hydrogens is 400 g/mol. The number of hydrogen-bond acceptors (Lipinski definition) is 8. The molecule has 2 rings (SSSR count). The van der Waals surface area contributed by atoms with E-state index in [1.165, 1.54) is 10.1 Å². The second kappa shape index (κ2) is 8.61. The Kier molecular flexibility index (Phi) is 7.23. The number of hydroxylamine groups is 4. The average Bonchev–Trinajstić information content (AvgIpc) is 2.56. The van der Waals surface area contributed by atoms with Crippen LogP contribution in [0.15, 0.2) is 0 Å². The smallest absolute Gasteiger partial charge is 0.309 e. The van der Waals surface area contributed by atoms with Crippen molar-refractivity contribution in [3.8, 4) is 0 Å². The Hall–Kier alpha value is -1.22. The first-order valence-corrected chi connectivity index (χ1v) is 11.3. The zero-order valence-corrected chi connectivity index (χ0v) is 20.7. The van der Waals surface area contributed by atoms with Gasteiger partial charge in [-0.25, -0.2) is 0 Å². The largest absolute Gasteiger partial charge is 0.462 e. The second-order valence-corrected chi connectivity index (χ2v) is 12.0. The van der Waals surface area contributed by atoms with E-state index in [0.29, 0.717) is 25.7 Å². The molecule has 2 aliphatic heterocycles. The minimum Gasteiger partial charge on any atom is -0.462 e. The number of ether oxygens (including phenoxy) is 2. The molecule has 0 spiro atoms. The molecule has 0 aliphatic carbocycles. The van der Waals surface area contributed by atoms with E-state index in [9.17, 15) is 20.0 Å². The van der Waals surface area contributed by atoms with Gasteiger partial charge >= 0.3 is 11.9 Å². The fourth-order valence-corrected chi connectivity index (χ4v) is 5.37. The van der Waals surface area contributed by atoms with Gasteiger partial charge < -0.3 is 19.9 Å². The Labute approximate surface area is 186 Å².